The molecule has 1 aliphatic rings. The fourth-order valence-corrected chi connectivity index (χ4v) is 2.47. The second-order valence-corrected chi connectivity index (χ2v) is 6.88. The monoisotopic (exact) mass is 315 g/mol. The predicted molar refractivity (Wildman–Crippen MR) is 82.6 cm³/mol. The Hall–Kier alpha value is -0.840. The Kier molecular flexibility index (Phi) is 5.47. The van der Waals surface area contributed by atoms with Gasteiger partial charge in [0, 0.05) is 12.1 Å². The number of rotatable bonds is 5. The SMILES string of the molecule is CC(C)(C)NCC1CCC(COc2ccc(F)cc2Cl)O1. The second kappa shape index (κ2) is 6.95. The van der Waals surface area contributed by atoms with Crippen molar-refractivity contribution in [3.05, 3.63) is 29.0 Å². The van der Waals surface area contributed by atoms with Gasteiger partial charge in [0.15, 0.2) is 0 Å². The lowest BCUT2D eigenvalue weighted by Crippen LogP contribution is -2.41. The first kappa shape index (κ1) is 16.5. The lowest BCUT2D eigenvalue weighted by molar-refractivity contribution is 0.0162. The van der Waals surface area contributed by atoms with E-state index in [2.05, 4.69) is 26.1 Å². The van der Waals surface area contributed by atoms with Crippen molar-refractivity contribution in [1.82, 2.24) is 5.32 Å². The zero-order valence-electron chi connectivity index (χ0n) is 12.8. The normalized spacial score (nSPS) is 22.5. The molecular formula is C16H23ClFNO2. The second-order valence-electron chi connectivity index (χ2n) is 6.47. The standard InChI is InChI=1S/C16H23ClFNO2/c1-16(2,3)19-9-12-5-6-13(21-12)10-20-15-7-4-11(18)8-14(15)17/h4,7-8,12-13,19H,5-6,9-10H2,1-3H3. The molecule has 0 spiro atoms. The molecule has 1 aliphatic heterocycles. The van der Waals surface area contributed by atoms with E-state index < -0.39 is 0 Å². The Labute approximate surface area is 130 Å². The van der Waals surface area contributed by atoms with Gasteiger partial charge in [0.05, 0.1) is 17.2 Å². The van der Waals surface area contributed by atoms with Gasteiger partial charge in [-0.15, -0.1) is 0 Å². The molecule has 1 aromatic carbocycles. The van der Waals surface area contributed by atoms with Crippen LogP contribution in [0.15, 0.2) is 18.2 Å². The van der Waals surface area contributed by atoms with Crippen molar-refractivity contribution in [2.24, 2.45) is 0 Å². The third-order valence-electron chi connectivity index (χ3n) is 3.37. The van der Waals surface area contributed by atoms with Gasteiger partial charge < -0.3 is 14.8 Å². The summed E-state index contributed by atoms with van der Waals surface area (Å²) in [5.74, 6) is 0.135. The van der Waals surface area contributed by atoms with Crippen LogP contribution in [0.25, 0.3) is 0 Å². The lowest BCUT2D eigenvalue weighted by Gasteiger charge is -2.23. The summed E-state index contributed by atoms with van der Waals surface area (Å²) in [6, 6.07) is 4.14. The van der Waals surface area contributed by atoms with E-state index in [1.165, 1.54) is 12.1 Å². The van der Waals surface area contributed by atoms with E-state index in [-0.39, 0.29) is 23.6 Å². The van der Waals surface area contributed by atoms with Crippen molar-refractivity contribution in [3.63, 3.8) is 0 Å². The van der Waals surface area contributed by atoms with Crippen LogP contribution in [0.2, 0.25) is 5.02 Å². The molecule has 0 bridgehead atoms. The summed E-state index contributed by atoms with van der Waals surface area (Å²) in [4.78, 5) is 0. The minimum Gasteiger partial charge on any atom is -0.489 e. The predicted octanol–water partition coefficient (Wildman–Crippen LogP) is 3.79. The average Bonchev–Trinajstić information content (AvgIpc) is 2.82. The number of halogens is 2. The lowest BCUT2D eigenvalue weighted by atomic mass is 10.1. The van der Waals surface area contributed by atoms with Crippen LogP contribution >= 0.6 is 11.6 Å². The molecule has 2 rings (SSSR count). The minimum atomic E-state index is -0.363. The zero-order chi connectivity index (χ0) is 15.5. The first-order chi connectivity index (χ1) is 9.83. The van der Waals surface area contributed by atoms with Crippen LogP contribution < -0.4 is 10.1 Å². The van der Waals surface area contributed by atoms with E-state index in [9.17, 15) is 4.39 Å². The van der Waals surface area contributed by atoms with Crippen molar-refractivity contribution >= 4 is 11.6 Å². The van der Waals surface area contributed by atoms with E-state index in [1.54, 1.807) is 6.07 Å². The molecule has 5 heteroatoms. The molecule has 118 valence electrons. The summed E-state index contributed by atoms with van der Waals surface area (Å²) in [6.45, 7) is 7.70. The Morgan fingerprint density at radius 2 is 2.05 bits per heavy atom. The summed E-state index contributed by atoms with van der Waals surface area (Å²) in [7, 11) is 0. The molecule has 0 aromatic heterocycles. The van der Waals surface area contributed by atoms with E-state index >= 15 is 0 Å². The quantitative estimate of drug-likeness (QED) is 0.896. The Morgan fingerprint density at radius 1 is 1.33 bits per heavy atom. The Balaban J connectivity index is 1.75. The average molecular weight is 316 g/mol. The highest BCUT2D eigenvalue weighted by atomic mass is 35.5. The van der Waals surface area contributed by atoms with Gasteiger partial charge in [0.25, 0.3) is 0 Å². The molecule has 0 amide bonds. The Morgan fingerprint density at radius 3 is 2.71 bits per heavy atom. The largest absolute Gasteiger partial charge is 0.489 e. The van der Waals surface area contributed by atoms with Crippen LogP contribution in [-0.4, -0.2) is 30.9 Å². The summed E-state index contributed by atoms with van der Waals surface area (Å²) < 4.78 is 24.5. The highest BCUT2D eigenvalue weighted by Crippen LogP contribution is 2.27. The fraction of sp³-hybridized carbons (Fsp3) is 0.625. The maximum Gasteiger partial charge on any atom is 0.138 e. The van der Waals surface area contributed by atoms with E-state index in [0.29, 0.717) is 17.4 Å². The zero-order valence-corrected chi connectivity index (χ0v) is 13.5. The molecule has 1 heterocycles. The smallest absolute Gasteiger partial charge is 0.138 e. The van der Waals surface area contributed by atoms with Gasteiger partial charge in [-0.25, -0.2) is 4.39 Å². The van der Waals surface area contributed by atoms with Crippen LogP contribution in [0.4, 0.5) is 4.39 Å². The van der Waals surface area contributed by atoms with Crippen LogP contribution in [0.1, 0.15) is 33.6 Å². The molecule has 2 unspecified atom stereocenters. The molecule has 0 radical (unpaired) electrons. The summed E-state index contributed by atoms with van der Waals surface area (Å²) in [5.41, 5.74) is 0.0968. The maximum absolute atomic E-state index is 12.9. The molecule has 1 aromatic rings. The van der Waals surface area contributed by atoms with Crippen molar-refractivity contribution in [2.75, 3.05) is 13.2 Å². The van der Waals surface area contributed by atoms with Gasteiger partial charge in [-0.1, -0.05) is 11.6 Å². The minimum absolute atomic E-state index is 0.0675. The number of hydrogen-bond acceptors (Lipinski definition) is 3. The number of hydrogen-bond donors (Lipinski definition) is 1. The van der Waals surface area contributed by atoms with Crippen LogP contribution in [0.3, 0.4) is 0 Å². The molecule has 1 saturated heterocycles. The van der Waals surface area contributed by atoms with E-state index in [1.807, 2.05) is 0 Å². The van der Waals surface area contributed by atoms with Crippen molar-refractivity contribution < 1.29 is 13.9 Å². The topological polar surface area (TPSA) is 30.5 Å². The number of benzene rings is 1. The van der Waals surface area contributed by atoms with Crippen LogP contribution in [0, 0.1) is 5.82 Å². The van der Waals surface area contributed by atoms with Gasteiger partial charge in [-0.3, -0.25) is 0 Å². The third-order valence-corrected chi connectivity index (χ3v) is 3.67. The summed E-state index contributed by atoms with van der Waals surface area (Å²) in [5, 5.41) is 3.74. The summed E-state index contributed by atoms with van der Waals surface area (Å²) in [6.07, 6.45) is 2.28. The van der Waals surface area contributed by atoms with Crippen LogP contribution in [-0.2, 0) is 4.74 Å². The van der Waals surface area contributed by atoms with E-state index in [4.69, 9.17) is 21.1 Å². The van der Waals surface area contributed by atoms with Gasteiger partial charge in [-0.05, 0) is 51.8 Å². The molecule has 0 saturated carbocycles. The molecule has 2 atom stereocenters. The number of nitrogens with one attached hydrogen (secondary N) is 1. The first-order valence-electron chi connectivity index (χ1n) is 7.32. The highest BCUT2D eigenvalue weighted by Gasteiger charge is 2.26. The van der Waals surface area contributed by atoms with Crippen LogP contribution in [0.5, 0.6) is 5.75 Å². The highest BCUT2D eigenvalue weighted by molar-refractivity contribution is 6.32. The van der Waals surface area contributed by atoms with Crippen molar-refractivity contribution in [2.45, 2.75) is 51.4 Å². The summed E-state index contributed by atoms with van der Waals surface area (Å²) >= 11 is 5.93. The van der Waals surface area contributed by atoms with E-state index in [0.717, 1.165) is 19.4 Å². The maximum atomic E-state index is 12.9. The first-order valence-corrected chi connectivity index (χ1v) is 7.69. The van der Waals surface area contributed by atoms with Gasteiger partial charge in [-0.2, -0.15) is 0 Å². The molecule has 1 fully saturated rings. The van der Waals surface area contributed by atoms with Crippen molar-refractivity contribution in [3.8, 4) is 5.75 Å². The van der Waals surface area contributed by atoms with Gasteiger partial charge in [0.1, 0.15) is 18.2 Å². The van der Waals surface area contributed by atoms with Gasteiger partial charge >= 0.3 is 0 Å². The third kappa shape index (κ3) is 5.46. The van der Waals surface area contributed by atoms with Crippen molar-refractivity contribution in [1.29, 1.82) is 0 Å². The fourth-order valence-electron chi connectivity index (χ4n) is 2.25. The Bertz CT molecular complexity index is 476. The molecular weight excluding hydrogens is 293 g/mol. The number of ether oxygens (including phenoxy) is 2. The molecule has 21 heavy (non-hydrogen) atoms. The molecule has 3 nitrogen and oxygen atoms in total. The van der Waals surface area contributed by atoms with Gasteiger partial charge in [0.2, 0.25) is 0 Å². The molecule has 0 aliphatic carbocycles. The molecule has 1 N–H and O–H groups in total.